The van der Waals surface area contributed by atoms with E-state index in [2.05, 4.69) is 16.6 Å². The lowest BCUT2D eigenvalue weighted by Gasteiger charge is -2.10. The number of hydrogen-bond acceptors (Lipinski definition) is 4. The molecule has 0 saturated heterocycles. The zero-order valence-corrected chi connectivity index (χ0v) is 15.5. The van der Waals surface area contributed by atoms with E-state index in [4.69, 9.17) is 0 Å². The molecule has 138 valence electrons. The van der Waals surface area contributed by atoms with E-state index in [-0.39, 0.29) is 16.4 Å². The number of hydrogen-bond donors (Lipinski definition) is 0. The smallest absolute Gasteiger partial charge is 0.281 e. The fourth-order valence-electron chi connectivity index (χ4n) is 2.41. The zero-order valence-electron chi connectivity index (χ0n) is 14.6. The summed E-state index contributed by atoms with van der Waals surface area (Å²) in [7, 11) is -3.35. The molecule has 8 heteroatoms. The number of aliphatic imine (C=N–C) groups is 1. The number of rotatable bonds is 6. The van der Waals surface area contributed by atoms with Gasteiger partial charge in [-0.3, -0.25) is 9.56 Å². The third kappa shape index (κ3) is 4.13. The highest BCUT2D eigenvalue weighted by Crippen LogP contribution is 2.28. The van der Waals surface area contributed by atoms with Crippen molar-refractivity contribution in [3.63, 3.8) is 0 Å². The van der Waals surface area contributed by atoms with Crippen LogP contribution in [0.25, 0.3) is 11.3 Å². The second-order valence-corrected chi connectivity index (χ2v) is 7.53. The first-order valence-electron chi connectivity index (χ1n) is 7.69. The van der Waals surface area contributed by atoms with E-state index in [0.29, 0.717) is 17.0 Å². The van der Waals surface area contributed by atoms with Gasteiger partial charge in [0.05, 0.1) is 4.90 Å². The van der Waals surface area contributed by atoms with Crippen LogP contribution in [0, 0.1) is 0 Å². The first kappa shape index (κ1) is 19.7. The minimum Gasteiger partial charge on any atom is -0.299 e. The minimum absolute atomic E-state index is 0.142. The van der Waals surface area contributed by atoms with Crippen LogP contribution in [-0.4, -0.2) is 30.4 Å². The number of allylic oxidation sites excluding steroid dienone is 3. The molecule has 0 bridgehead atoms. The van der Waals surface area contributed by atoms with Crippen LogP contribution < -0.4 is 0 Å². The monoisotopic (exact) mass is 379 g/mol. The summed E-state index contributed by atoms with van der Waals surface area (Å²) >= 11 is 0. The van der Waals surface area contributed by atoms with E-state index >= 15 is 0 Å². The third-order valence-electron chi connectivity index (χ3n) is 3.65. The van der Waals surface area contributed by atoms with E-state index in [1.54, 1.807) is 20.1 Å². The lowest BCUT2D eigenvalue weighted by Crippen LogP contribution is -2.02. The molecule has 0 N–H and O–H groups in total. The van der Waals surface area contributed by atoms with Gasteiger partial charge in [-0.05, 0) is 38.1 Å². The molecule has 0 spiro atoms. The largest absolute Gasteiger partial charge is 0.299 e. The maximum atomic E-state index is 13.2. The summed E-state index contributed by atoms with van der Waals surface area (Å²) in [5, 5.41) is 0. The highest BCUT2D eigenvalue weighted by atomic mass is 32.2. The van der Waals surface area contributed by atoms with Crippen LogP contribution in [0.15, 0.2) is 58.7 Å². The van der Waals surface area contributed by atoms with Gasteiger partial charge < -0.3 is 0 Å². The molecule has 5 nitrogen and oxygen atoms in total. The van der Waals surface area contributed by atoms with Crippen LogP contribution in [0.5, 0.6) is 0 Å². The Hall–Kier alpha value is -2.61. The van der Waals surface area contributed by atoms with Gasteiger partial charge in [-0.15, -0.1) is 0 Å². The summed E-state index contributed by atoms with van der Waals surface area (Å²) in [6, 6.07) is 5.92. The van der Waals surface area contributed by atoms with Gasteiger partial charge in [-0.2, -0.15) is 0 Å². The first-order valence-corrected chi connectivity index (χ1v) is 9.58. The Labute approximate surface area is 151 Å². The summed E-state index contributed by atoms with van der Waals surface area (Å²) < 4.78 is 51.0. The van der Waals surface area contributed by atoms with Crippen molar-refractivity contribution in [2.75, 3.05) is 6.26 Å². The molecule has 0 amide bonds. The zero-order chi connectivity index (χ0) is 19.5. The highest BCUT2D eigenvalue weighted by molar-refractivity contribution is 7.90. The average molecular weight is 379 g/mol. The van der Waals surface area contributed by atoms with Gasteiger partial charge in [0.2, 0.25) is 0 Å². The average Bonchev–Trinajstić information content (AvgIpc) is 3.00. The topological polar surface area (TPSA) is 64.3 Å². The molecule has 0 unspecified atom stereocenters. The van der Waals surface area contributed by atoms with Crippen molar-refractivity contribution >= 4 is 21.6 Å². The highest BCUT2D eigenvalue weighted by Gasteiger charge is 2.19. The van der Waals surface area contributed by atoms with Gasteiger partial charge in [0.1, 0.15) is 11.5 Å². The predicted molar refractivity (Wildman–Crippen MR) is 98.6 cm³/mol. The van der Waals surface area contributed by atoms with Crippen LogP contribution in [0.3, 0.4) is 0 Å². The van der Waals surface area contributed by atoms with Crippen molar-refractivity contribution in [2.45, 2.75) is 25.2 Å². The van der Waals surface area contributed by atoms with Gasteiger partial charge in [0, 0.05) is 35.6 Å². The van der Waals surface area contributed by atoms with Gasteiger partial charge >= 0.3 is 0 Å². The van der Waals surface area contributed by atoms with E-state index < -0.39 is 16.3 Å². The molecule has 2 aromatic rings. The van der Waals surface area contributed by atoms with Crippen LogP contribution >= 0.6 is 0 Å². The van der Waals surface area contributed by atoms with E-state index in [9.17, 15) is 17.2 Å². The molecule has 0 radical (unpaired) electrons. The van der Waals surface area contributed by atoms with Crippen molar-refractivity contribution in [3.8, 4) is 5.69 Å². The molecular formula is C18H19F2N3O2S. The van der Waals surface area contributed by atoms with Crippen molar-refractivity contribution < 1.29 is 17.2 Å². The Balaban J connectivity index is 2.68. The molecule has 2 rings (SSSR count). The third-order valence-corrected chi connectivity index (χ3v) is 4.78. The van der Waals surface area contributed by atoms with Crippen LogP contribution in [0.1, 0.15) is 31.8 Å². The van der Waals surface area contributed by atoms with Gasteiger partial charge in [-0.25, -0.2) is 22.2 Å². The Kier molecular flexibility index (Phi) is 5.86. The Morgan fingerprint density at radius 1 is 1.31 bits per heavy atom. The summed E-state index contributed by atoms with van der Waals surface area (Å²) in [6.45, 7) is 7.19. The van der Waals surface area contributed by atoms with Crippen LogP contribution in [0.4, 0.5) is 8.78 Å². The van der Waals surface area contributed by atoms with Crippen molar-refractivity contribution in [1.82, 2.24) is 9.55 Å². The SMILES string of the molecule is C=C/C(=C(/C)N=CC)c1nc(C(F)F)cn1-c1ccc(S(C)(=O)=O)cc1. The molecule has 1 aromatic heterocycles. The Morgan fingerprint density at radius 3 is 2.38 bits per heavy atom. The molecule has 0 aliphatic heterocycles. The summed E-state index contributed by atoms with van der Waals surface area (Å²) in [4.78, 5) is 8.34. The molecule has 0 saturated carbocycles. The number of alkyl halides is 2. The van der Waals surface area contributed by atoms with E-state index in [1.165, 1.54) is 41.1 Å². The predicted octanol–water partition coefficient (Wildman–Crippen LogP) is 4.22. The molecule has 0 fully saturated rings. The lowest BCUT2D eigenvalue weighted by molar-refractivity contribution is 0.146. The van der Waals surface area contributed by atoms with Gasteiger partial charge in [-0.1, -0.05) is 12.7 Å². The number of benzene rings is 1. The maximum absolute atomic E-state index is 13.2. The first-order chi connectivity index (χ1) is 12.2. The number of nitrogens with zero attached hydrogens (tertiary/aromatic N) is 3. The van der Waals surface area contributed by atoms with Gasteiger partial charge in [0.25, 0.3) is 6.43 Å². The molecular weight excluding hydrogens is 360 g/mol. The maximum Gasteiger partial charge on any atom is 0.281 e. The normalized spacial score (nSPS) is 13.3. The standard InChI is InChI=1S/C18H19F2N3O2S/c1-5-15(12(3)21-6-2)18-22-16(17(19)20)11-23(18)13-7-9-14(10-8-13)26(4,24)25/h5-11,17H,1H2,2-4H3/b15-12+,21-6?. The number of sulfone groups is 1. The molecule has 0 aliphatic carbocycles. The van der Waals surface area contributed by atoms with Crippen molar-refractivity contribution in [3.05, 3.63) is 60.3 Å². The quantitative estimate of drug-likeness (QED) is 0.558. The fourth-order valence-corrected chi connectivity index (χ4v) is 3.04. The summed E-state index contributed by atoms with van der Waals surface area (Å²) in [5.41, 5.74) is 1.18. The summed E-state index contributed by atoms with van der Waals surface area (Å²) in [6.07, 6.45) is 2.67. The van der Waals surface area contributed by atoms with Crippen molar-refractivity contribution in [2.24, 2.45) is 4.99 Å². The second kappa shape index (κ2) is 7.74. The molecule has 0 atom stereocenters. The van der Waals surface area contributed by atoms with Crippen molar-refractivity contribution in [1.29, 1.82) is 0 Å². The number of imidazole rings is 1. The van der Waals surface area contributed by atoms with E-state index in [1.807, 2.05) is 0 Å². The van der Waals surface area contributed by atoms with Gasteiger partial charge in [0.15, 0.2) is 9.84 Å². The number of aromatic nitrogens is 2. The van der Waals surface area contributed by atoms with Crippen LogP contribution in [-0.2, 0) is 9.84 Å². The molecule has 0 aliphatic rings. The minimum atomic E-state index is -3.35. The fraction of sp³-hybridized carbons (Fsp3) is 0.222. The summed E-state index contributed by atoms with van der Waals surface area (Å²) in [5.74, 6) is 0.255. The molecule has 26 heavy (non-hydrogen) atoms. The second-order valence-electron chi connectivity index (χ2n) is 5.52. The number of halogens is 2. The molecule has 1 heterocycles. The van der Waals surface area contributed by atoms with E-state index in [0.717, 1.165) is 6.26 Å². The lowest BCUT2D eigenvalue weighted by atomic mass is 10.2. The Bertz CT molecular complexity index is 972. The Morgan fingerprint density at radius 2 is 1.92 bits per heavy atom. The molecule has 1 aromatic carbocycles. The van der Waals surface area contributed by atoms with Crippen LogP contribution in [0.2, 0.25) is 0 Å².